The second kappa shape index (κ2) is 5.54. The number of hydrogen-bond acceptors (Lipinski definition) is 3. The number of aromatic nitrogens is 2. The van der Waals surface area contributed by atoms with E-state index in [9.17, 15) is 0 Å². The summed E-state index contributed by atoms with van der Waals surface area (Å²) in [6, 6.07) is 16.1. The molecule has 2 heterocycles. The molecule has 0 amide bonds. The van der Waals surface area contributed by atoms with Crippen LogP contribution in [0.4, 0.5) is 0 Å². The fraction of sp³-hybridized carbons (Fsp3) is 0. The molecular weight excluding hydrogens is 284 g/mol. The molecule has 4 aromatic rings. The lowest BCUT2D eigenvalue weighted by Gasteiger charge is -2.02. The largest absolute Gasteiger partial charge is 0.456 e. The molecule has 0 aliphatic carbocycles. The van der Waals surface area contributed by atoms with Crippen LogP contribution in [0.25, 0.3) is 39.3 Å². The predicted molar refractivity (Wildman–Crippen MR) is 94.0 cm³/mol. The molecule has 110 valence electrons. The molecule has 23 heavy (non-hydrogen) atoms. The van der Waals surface area contributed by atoms with Gasteiger partial charge in [-0.25, -0.2) is 9.97 Å². The van der Waals surface area contributed by atoms with Crippen LogP contribution in [0.3, 0.4) is 0 Å². The van der Waals surface area contributed by atoms with Crippen molar-refractivity contribution in [1.29, 1.82) is 0 Å². The maximum atomic E-state index is 5.87. The minimum absolute atomic E-state index is 0.854. The van der Waals surface area contributed by atoms with Crippen LogP contribution in [0.5, 0.6) is 0 Å². The first kappa shape index (κ1) is 13.5. The first-order valence-electron chi connectivity index (χ1n) is 7.38. The quantitative estimate of drug-likeness (QED) is 0.485. The fourth-order valence-corrected chi connectivity index (χ4v) is 2.67. The minimum Gasteiger partial charge on any atom is -0.456 e. The van der Waals surface area contributed by atoms with E-state index in [0.717, 1.165) is 38.9 Å². The molecule has 4 rings (SSSR count). The first-order chi connectivity index (χ1) is 11.3. The molecule has 0 N–H and O–H groups in total. The number of furan rings is 1. The van der Waals surface area contributed by atoms with Crippen LogP contribution in [-0.4, -0.2) is 9.97 Å². The Hall–Kier alpha value is -3.20. The van der Waals surface area contributed by atoms with Crippen molar-refractivity contribution in [3.8, 4) is 11.3 Å². The molecule has 0 atom stereocenters. The molecule has 0 unspecified atom stereocenters. The van der Waals surface area contributed by atoms with Crippen molar-refractivity contribution in [2.45, 2.75) is 0 Å². The van der Waals surface area contributed by atoms with Crippen LogP contribution in [0, 0.1) is 0 Å². The van der Waals surface area contributed by atoms with E-state index in [-0.39, 0.29) is 0 Å². The normalized spacial score (nSPS) is 11.5. The molecule has 0 radical (unpaired) electrons. The van der Waals surface area contributed by atoms with E-state index in [0.29, 0.717) is 0 Å². The molecule has 0 saturated heterocycles. The Morgan fingerprint density at radius 1 is 0.913 bits per heavy atom. The van der Waals surface area contributed by atoms with Gasteiger partial charge in [-0.1, -0.05) is 36.9 Å². The predicted octanol–water partition coefficient (Wildman–Crippen LogP) is 5.24. The molecule has 2 aromatic carbocycles. The standard InChI is InChI=1S/C20H14N2O/c1-2-3-6-15-12-18(22-13-21-15)14-9-10-20-17(11-14)16-7-4-5-8-19(16)23-20/h2-13H,1H2/b6-3-. The number of allylic oxidation sites excluding steroid dienone is 2. The highest BCUT2D eigenvalue weighted by molar-refractivity contribution is 6.06. The van der Waals surface area contributed by atoms with Gasteiger partial charge in [-0.3, -0.25) is 0 Å². The zero-order valence-electron chi connectivity index (χ0n) is 12.4. The van der Waals surface area contributed by atoms with E-state index in [1.807, 2.05) is 48.6 Å². The molecule has 0 aliphatic heterocycles. The lowest BCUT2D eigenvalue weighted by atomic mass is 10.1. The van der Waals surface area contributed by atoms with Crippen LogP contribution in [0.2, 0.25) is 0 Å². The highest BCUT2D eigenvalue weighted by Gasteiger charge is 2.08. The molecule has 3 nitrogen and oxygen atoms in total. The Balaban J connectivity index is 1.87. The van der Waals surface area contributed by atoms with Gasteiger partial charge in [0.25, 0.3) is 0 Å². The van der Waals surface area contributed by atoms with Gasteiger partial charge in [-0.05, 0) is 36.4 Å². The van der Waals surface area contributed by atoms with E-state index in [1.54, 1.807) is 12.4 Å². The third-order valence-corrected chi connectivity index (χ3v) is 3.76. The average Bonchev–Trinajstić information content (AvgIpc) is 2.98. The topological polar surface area (TPSA) is 38.9 Å². The lowest BCUT2D eigenvalue weighted by Crippen LogP contribution is -1.88. The summed E-state index contributed by atoms with van der Waals surface area (Å²) in [5.74, 6) is 0. The number of benzene rings is 2. The van der Waals surface area contributed by atoms with Crippen LogP contribution in [-0.2, 0) is 0 Å². The molecule has 2 aromatic heterocycles. The molecule has 3 heteroatoms. The van der Waals surface area contributed by atoms with Gasteiger partial charge in [0.2, 0.25) is 0 Å². The van der Waals surface area contributed by atoms with Crippen molar-refractivity contribution < 1.29 is 4.42 Å². The van der Waals surface area contributed by atoms with Crippen LogP contribution in [0.1, 0.15) is 5.69 Å². The smallest absolute Gasteiger partial charge is 0.135 e. The van der Waals surface area contributed by atoms with Gasteiger partial charge in [0.15, 0.2) is 0 Å². The Bertz CT molecular complexity index is 1040. The third-order valence-electron chi connectivity index (χ3n) is 3.76. The Labute approximate surface area is 133 Å². The monoisotopic (exact) mass is 298 g/mol. The molecule has 0 bridgehead atoms. The van der Waals surface area contributed by atoms with Crippen molar-refractivity contribution in [2.75, 3.05) is 0 Å². The van der Waals surface area contributed by atoms with Crippen LogP contribution < -0.4 is 0 Å². The van der Waals surface area contributed by atoms with Gasteiger partial charge < -0.3 is 4.42 Å². The lowest BCUT2D eigenvalue weighted by molar-refractivity contribution is 0.669. The Kier molecular flexibility index (Phi) is 3.24. The number of hydrogen-bond donors (Lipinski definition) is 0. The molecule has 0 aliphatic rings. The van der Waals surface area contributed by atoms with Crippen molar-refractivity contribution in [3.05, 3.63) is 79.3 Å². The second-order valence-electron chi connectivity index (χ2n) is 5.23. The second-order valence-corrected chi connectivity index (χ2v) is 5.23. The number of fused-ring (bicyclic) bond motifs is 3. The van der Waals surface area contributed by atoms with Crippen molar-refractivity contribution in [3.63, 3.8) is 0 Å². The van der Waals surface area contributed by atoms with Gasteiger partial charge in [0.05, 0.1) is 11.4 Å². The summed E-state index contributed by atoms with van der Waals surface area (Å²) in [6.45, 7) is 3.67. The van der Waals surface area contributed by atoms with Gasteiger partial charge in [-0.15, -0.1) is 0 Å². The van der Waals surface area contributed by atoms with Gasteiger partial charge in [-0.2, -0.15) is 0 Å². The van der Waals surface area contributed by atoms with Gasteiger partial charge in [0.1, 0.15) is 17.5 Å². The molecule has 0 fully saturated rings. The zero-order chi connectivity index (χ0) is 15.6. The maximum absolute atomic E-state index is 5.87. The maximum Gasteiger partial charge on any atom is 0.135 e. The summed E-state index contributed by atoms with van der Waals surface area (Å²) in [5.41, 5.74) is 4.57. The molecule has 0 saturated carbocycles. The average molecular weight is 298 g/mol. The minimum atomic E-state index is 0.854. The summed E-state index contributed by atoms with van der Waals surface area (Å²) in [6.07, 6.45) is 7.07. The van der Waals surface area contributed by atoms with E-state index in [4.69, 9.17) is 4.42 Å². The van der Waals surface area contributed by atoms with Crippen LogP contribution in [0.15, 0.2) is 78.0 Å². The van der Waals surface area contributed by atoms with E-state index in [1.165, 1.54) is 0 Å². The number of nitrogens with zero attached hydrogens (tertiary/aromatic N) is 2. The molecular formula is C20H14N2O. The molecule has 0 spiro atoms. The summed E-state index contributed by atoms with van der Waals surface area (Å²) in [7, 11) is 0. The Morgan fingerprint density at radius 3 is 2.70 bits per heavy atom. The zero-order valence-corrected chi connectivity index (χ0v) is 12.4. The number of rotatable bonds is 3. The summed E-state index contributed by atoms with van der Waals surface area (Å²) < 4.78 is 5.87. The summed E-state index contributed by atoms with van der Waals surface area (Å²) >= 11 is 0. The van der Waals surface area contributed by atoms with Crippen LogP contribution >= 0.6 is 0 Å². The van der Waals surface area contributed by atoms with E-state index in [2.05, 4.69) is 28.7 Å². The highest BCUT2D eigenvalue weighted by atomic mass is 16.3. The van der Waals surface area contributed by atoms with Crippen molar-refractivity contribution in [1.82, 2.24) is 9.97 Å². The summed E-state index contributed by atoms with van der Waals surface area (Å²) in [5, 5.41) is 2.21. The summed E-state index contributed by atoms with van der Waals surface area (Å²) in [4.78, 5) is 8.63. The van der Waals surface area contributed by atoms with E-state index < -0.39 is 0 Å². The first-order valence-corrected chi connectivity index (χ1v) is 7.38. The SMILES string of the molecule is C=C/C=C\c1cc(-c2ccc3oc4ccccc4c3c2)ncn1. The van der Waals surface area contributed by atoms with Gasteiger partial charge in [0, 0.05) is 16.3 Å². The Morgan fingerprint density at radius 2 is 1.78 bits per heavy atom. The van der Waals surface area contributed by atoms with Crippen molar-refractivity contribution in [2.24, 2.45) is 0 Å². The fourth-order valence-electron chi connectivity index (χ4n) is 2.67. The number of para-hydroxylation sites is 1. The van der Waals surface area contributed by atoms with E-state index >= 15 is 0 Å². The third kappa shape index (κ3) is 2.42. The van der Waals surface area contributed by atoms with Crippen molar-refractivity contribution >= 4 is 28.0 Å². The van der Waals surface area contributed by atoms with Gasteiger partial charge >= 0.3 is 0 Å². The highest BCUT2D eigenvalue weighted by Crippen LogP contribution is 2.31.